The molecule has 0 saturated heterocycles. The van der Waals surface area contributed by atoms with E-state index >= 15 is 0 Å². The van der Waals surface area contributed by atoms with E-state index in [2.05, 4.69) is 9.97 Å². The molecule has 2 aromatic rings. The van der Waals surface area contributed by atoms with E-state index in [0.717, 1.165) is 4.90 Å². The summed E-state index contributed by atoms with van der Waals surface area (Å²) in [5.74, 6) is -0.111. The van der Waals surface area contributed by atoms with Crippen molar-refractivity contribution >= 4 is 40.8 Å². The summed E-state index contributed by atoms with van der Waals surface area (Å²) in [6.45, 7) is 0. The number of nitrogen functional groups attached to an aromatic ring is 1. The highest BCUT2D eigenvalue weighted by Gasteiger charge is 2.06. The minimum atomic E-state index is -0.111. The van der Waals surface area contributed by atoms with Crippen molar-refractivity contribution in [2.75, 3.05) is 0 Å². The minimum absolute atomic E-state index is 0.111. The second-order valence-corrected chi connectivity index (χ2v) is 5.24. The van der Waals surface area contributed by atoms with E-state index in [9.17, 15) is 0 Å². The predicted octanol–water partition coefficient (Wildman–Crippen LogP) is 3.22. The standard InChI is InChI=1S/C11H8Cl2N4S/c12-6-1-2-7(13)9(3-6)18-10-5-16-8(4-17-10)11(14)15/h1-5H,(H3,14,15). The van der Waals surface area contributed by atoms with Crippen molar-refractivity contribution < 1.29 is 0 Å². The molecule has 1 aromatic heterocycles. The van der Waals surface area contributed by atoms with Crippen molar-refractivity contribution in [3.8, 4) is 0 Å². The van der Waals surface area contributed by atoms with Crippen LogP contribution in [0.2, 0.25) is 10.0 Å². The first-order valence-electron chi connectivity index (χ1n) is 4.85. The molecular weight excluding hydrogens is 291 g/mol. The molecule has 0 fully saturated rings. The average molecular weight is 299 g/mol. The van der Waals surface area contributed by atoms with Crippen LogP contribution in [0.1, 0.15) is 5.69 Å². The zero-order chi connectivity index (χ0) is 13.1. The molecule has 0 aliphatic heterocycles. The van der Waals surface area contributed by atoms with Crippen LogP contribution in [0.3, 0.4) is 0 Å². The molecule has 4 nitrogen and oxygen atoms in total. The quantitative estimate of drug-likeness (QED) is 0.674. The van der Waals surface area contributed by atoms with E-state index in [1.54, 1.807) is 24.4 Å². The monoisotopic (exact) mass is 298 g/mol. The van der Waals surface area contributed by atoms with Crippen molar-refractivity contribution in [1.82, 2.24) is 9.97 Å². The lowest BCUT2D eigenvalue weighted by Crippen LogP contribution is -2.13. The van der Waals surface area contributed by atoms with E-state index in [1.807, 2.05) is 0 Å². The van der Waals surface area contributed by atoms with Gasteiger partial charge in [0.1, 0.15) is 16.6 Å². The summed E-state index contributed by atoms with van der Waals surface area (Å²) in [5.41, 5.74) is 5.64. The molecule has 1 aromatic carbocycles. The Kier molecular flexibility index (Phi) is 4.06. The first-order chi connectivity index (χ1) is 8.56. The number of amidine groups is 1. The smallest absolute Gasteiger partial charge is 0.143 e. The summed E-state index contributed by atoms with van der Waals surface area (Å²) < 4.78 is 0. The molecule has 0 spiro atoms. The number of nitrogens with zero attached hydrogens (tertiary/aromatic N) is 2. The lowest BCUT2D eigenvalue weighted by atomic mass is 10.4. The first kappa shape index (κ1) is 13.1. The van der Waals surface area contributed by atoms with Crippen molar-refractivity contribution in [2.45, 2.75) is 9.92 Å². The Morgan fingerprint density at radius 3 is 2.61 bits per heavy atom. The van der Waals surface area contributed by atoms with Crippen LogP contribution in [0.4, 0.5) is 0 Å². The van der Waals surface area contributed by atoms with Crippen LogP contribution >= 0.6 is 35.0 Å². The molecule has 0 atom stereocenters. The van der Waals surface area contributed by atoms with E-state index in [0.29, 0.717) is 20.8 Å². The fourth-order valence-electron chi connectivity index (χ4n) is 1.18. The molecule has 1 heterocycles. The van der Waals surface area contributed by atoms with Gasteiger partial charge in [0.25, 0.3) is 0 Å². The van der Waals surface area contributed by atoms with Crippen LogP contribution in [0.5, 0.6) is 0 Å². The SMILES string of the molecule is N=C(N)c1cnc(Sc2cc(Cl)ccc2Cl)cn1. The van der Waals surface area contributed by atoms with Gasteiger partial charge in [-0.15, -0.1) is 0 Å². The zero-order valence-corrected chi connectivity index (χ0v) is 11.4. The third-order valence-corrected chi connectivity index (χ3v) is 3.67. The maximum absolute atomic E-state index is 7.22. The Morgan fingerprint density at radius 2 is 2.00 bits per heavy atom. The molecule has 3 N–H and O–H groups in total. The number of benzene rings is 1. The van der Waals surface area contributed by atoms with Crippen LogP contribution in [0.25, 0.3) is 0 Å². The predicted molar refractivity (Wildman–Crippen MR) is 73.6 cm³/mol. The van der Waals surface area contributed by atoms with Crippen molar-refractivity contribution in [2.24, 2.45) is 5.73 Å². The molecular formula is C11H8Cl2N4S. The van der Waals surface area contributed by atoms with Gasteiger partial charge in [-0.2, -0.15) is 0 Å². The van der Waals surface area contributed by atoms with Gasteiger partial charge in [0.2, 0.25) is 0 Å². The molecule has 0 aliphatic rings. The fourth-order valence-corrected chi connectivity index (χ4v) is 2.43. The van der Waals surface area contributed by atoms with Gasteiger partial charge >= 0.3 is 0 Å². The summed E-state index contributed by atoms with van der Waals surface area (Å²) >= 11 is 13.3. The van der Waals surface area contributed by atoms with Gasteiger partial charge in [-0.1, -0.05) is 35.0 Å². The Morgan fingerprint density at radius 1 is 1.22 bits per heavy atom. The lowest BCUT2D eigenvalue weighted by Gasteiger charge is -2.04. The molecule has 0 saturated carbocycles. The molecule has 7 heteroatoms. The number of nitrogens with one attached hydrogen (secondary N) is 1. The van der Waals surface area contributed by atoms with Gasteiger partial charge in [-0.05, 0) is 18.2 Å². The van der Waals surface area contributed by atoms with E-state index in [1.165, 1.54) is 18.0 Å². The Balaban J connectivity index is 2.23. The average Bonchev–Trinajstić information content (AvgIpc) is 2.34. The topological polar surface area (TPSA) is 75.7 Å². The van der Waals surface area contributed by atoms with Crippen molar-refractivity contribution in [3.63, 3.8) is 0 Å². The second kappa shape index (κ2) is 5.56. The van der Waals surface area contributed by atoms with Gasteiger partial charge in [0.05, 0.1) is 17.4 Å². The van der Waals surface area contributed by atoms with Crippen LogP contribution in [-0.2, 0) is 0 Å². The van der Waals surface area contributed by atoms with Gasteiger partial charge in [0.15, 0.2) is 0 Å². The highest BCUT2D eigenvalue weighted by atomic mass is 35.5. The number of hydrogen-bond donors (Lipinski definition) is 2. The third kappa shape index (κ3) is 3.13. The number of nitrogens with two attached hydrogens (primary N) is 1. The maximum Gasteiger partial charge on any atom is 0.143 e. The number of rotatable bonds is 3. The van der Waals surface area contributed by atoms with Gasteiger partial charge < -0.3 is 5.73 Å². The molecule has 2 rings (SSSR count). The number of halogens is 2. The van der Waals surface area contributed by atoms with E-state index in [4.69, 9.17) is 34.3 Å². The van der Waals surface area contributed by atoms with Crippen LogP contribution in [-0.4, -0.2) is 15.8 Å². The maximum atomic E-state index is 7.22. The van der Waals surface area contributed by atoms with Gasteiger partial charge in [0, 0.05) is 9.92 Å². The Hall–Kier alpha value is -1.30. The molecule has 18 heavy (non-hydrogen) atoms. The van der Waals surface area contributed by atoms with Gasteiger partial charge in [-0.25, -0.2) is 9.97 Å². The summed E-state index contributed by atoms with van der Waals surface area (Å²) in [6.07, 6.45) is 2.99. The van der Waals surface area contributed by atoms with Gasteiger partial charge in [-0.3, -0.25) is 5.41 Å². The highest BCUT2D eigenvalue weighted by Crippen LogP contribution is 2.33. The summed E-state index contributed by atoms with van der Waals surface area (Å²) in [4.78, 5) is 8.96. The molecule has 0 bridgehead atoms. The summed E-state index contributed by atoms with van der Waals surface area (Å²) in [5, 5.41) is 9.08. The minimum Gasteiger partial charge on any atom is -0.382 e. The van der Waals surface area contributed by atoms with Crippen LogP contribution in [0.15, 0.2) is 40.5 Å². The number of aromatic nitrogens is 2. The Bertz CT molecular complexity index is 586. The molecule has 0 unspecified atom stereocenters. The van der Waals surface area contributed by atoms with Crippen LogP contribution < -0.4 is 5.73 Å². The zero-order valence-electron chi connectivity index (χ0n) is 9.02. The molecule has 92 valence electrons. The second-order valence-electron chi connectivity index (χ2n) is 3.33. The summed E-state index contributed by atoms with van der Waals surface area (Å²) in [7, 11) is 0. The first-order valence-corrected chi connectivity index (χ1v) is 6.43. The lowest BCUT2D eigenvalue weighted by molar-refractivity contribution is 1.04. The van der Waals surface area contributed by atoms with Crippen LogP contribution in [0, 0.1) is 5.41 Å². The van der Waals surface area contributed by atoms with Crippen molar-refractivity contribution in [1.29, 1.82) is 5.41 Å². The molecule has 0 aliphatic carbocycles. The largest absolute Gasteiger partial charge is 0.382 e. The van der Waals surface area contributed by atoms with E-state index in [-0.39, 0.29) is 5.84 Å². The number of hydrogen-bond acceptors (Lipinski definition) is 4. The Labute approximate surface area is 118 Å². The third-order valence-electron chi connectivity index (χ3n) is 2.01. The van der Waals surface area contributed by atoms with E-state index < -0.39 is 0 Å². The fraction of sp³-hybridized carbons (Fsp3) is 0. The normalized spacial score (nSPS) is 10.3. The summed E-state index contributed by atoms with van der Waals surface area (Å²) in [6, 6.07) is 5.21. The molecule has 0 radical (unpaired) electrons. The molecule has 0 amide bonds. The highest BCUT2D eigenvalue weighted by molar-refractivity contribution is 7.99. The van der Waals surface area contributed by atoms with Crippen molar-refractivity contribution in [3.05, 3.63) is 46.3 Å².